The summed E-state index contributed by atoms with van der Waals surface area (Å²) in [6.45, 7) is 7.74. The minimum absolute atomic E-state index is 0.260. The third-order valence-electron chi connectivity index (χ3n) is 3.43. The van der Waals surface area contributed by atoms with Crippen molar-refractivity contribution in [3.05, 3.63) is 35.9 Å². The van der Waals surface area contributed by atoms with Gasteiger partial charge in [0.2, 0.25) is 0 Å². The van der Waals surface area contributed by atoms with Crippen molar-refractivity contribution in [2.45, 2.75) is 39.7 Å². The van der Waals surface area contributed by atoms with E-state index >= 15 is 0 Å². The Morgan fingerprint density at radius 1 is 1.11 bits per heavy atom. The molecule has 2 nitrogen and oxygen atoms in total. The van der Waals surface area contributed by atoms with E-state index in [1.54, 1.807) is 0 Å². The van der Waals surface area contributed by atoms with Crippen molar-refractivity contribution in [2.24, 2.45) is 11.8 Å². The Balaban J connectivity index is 2.38. The van der Waals surface area contributed by atoms with Gasteiger partial charge in [0.1, 0.15) is 0 Å². The van der Waals surface area contributed by atoms with Crippen LogP contribution in [0.5, 0.6) is 0 Å². The van der Waals surface area contributed by atoms with E-state index in [0.29, 0.717) is 17.9 Å². The summed E-state index contributed by atoms with van der Waals surface area (Å²) in [5.74, 6) is 0.961. The second kappa shape index (κ2) is 8.28. The second-order valence-corrected chi connectivity index (χ2v) is 5.57. The molecule has 2 unspecified atom stereocenters. The predicted molar refractivity (Wildman–Crippen MR) is 77.6 cm³/mol. The molecule has 0 aliphatic rings. The minimum atomic E-state index is 0.260. The van der Waals surface area contributed by atoms with Gasteiger partial charge in [-0.15, -0.1) is 0 Å². The Morgan fingerprint density at radius 2 is 1.78 bits per heavy atom. The van der Waals surface area contributed by atoms with E-state index in [9.17, 15) is 0 Å². The number of rotatable bonds is 8. The number of hydrogen-bond donors (Lipinski definition) is 2. The molecule has 0 saturated carbocycles. The van der Waals surface area contributed by atoms with Gasteiger partial charge in [0, 0.05) is 19.2 Å². The van der Waals surface area contributed by atoms with Gasteiger partial charge in [-0.3, -0.25) is 0 Å². The van der Waals surface area contributed by atoms with Crippen molar-refractivity contribution < 1.29 is 5.11 Å². The van der Waals surface area contributed by atoms with Gasteiger partial charge in [-0.25, -0.2) is 0 Å². The monoisotopic (exact) mass is 249 g/mol. The van der Waals surface area contributed by atoms with E-state index in [0.717, 1.165) is 19.4 Å². The molecule has 0 amide bonds. The fraction of sp³-hybridized carbons (Fsp3) is 0.625. The van der Waals surface area contributed by atoms with Crippen LogP contribution >= 0.6 is 0 Å². The Hall–Kier alpha value is -0.860. The molecule has 0 saturated heterocycles. The minimum Gasteiger partial charge on any atom is -0.396 e. The summed E-state index contributed by atoms with van der Waals surface area (Å²) in [5, 5.41) is 12.6. The van der Waals surface area contributed by atoms with Crippen LogP contribution in [0.4, 0.5) is 0 Å². The molecular weight excluding hydrogens is 222 g/mol. The Kier molecular flexibility index (Phi) is 6.99. The first-order chi connectivity index (χ1) is 8.63. The lowest BCUT2D eigenvalue weighted by Gasteiger charge is -2.24. The van der Waals surface area contributed by atoms with Gasteiger partial charge >= 0.3 is 0 Å². The molecule has 2 atom stereocenters. The predicted octanol–water partition coefficient (Wildman–Crippen LogP) is 2.86. The number of aliphatic hydroxyl groups is 1. The molecule has 0 bridgehead atoms. The van der Waals surface area contributed by atoms with Crippen LogP contribution in [0.25, 0.3) is 0 Å². The van der Waals surface area contributed by atoms with Gasteiger partial charge < -0.3 is 10.4 Å². The first kappa shape index (κ1) is 15.2. The molecule has 2 N–H and O–H groups in total. The molecule has 1 aromatic carbocycles. The zero-order chi connectivity index (χ0) is 13.4. The van der Waals surface area contributed by atoms with Crippen LogP contribution in [-0.2, 0) is 6.42 Å². The van der Waals surface area contributed by atoms with Crippen LogP contribution in [0.2, 0.25) is 0 Å². The molecule has 0 fully saturated rings. The van der Waals surface area contributed by atoms with Gasteiger partial charge in [-0.1, -0.05) is 51.1 Å². The number of benzene rings is 1. The average Bonchev–Trinajstić information content (AvgIpc) is 2.39. The Morgan fingerprint density at radius 3 is 2.33 bits per heavy atom. The van der Waals surface area contributed by atoms with Crippen LogP contribution in [0, 0.1) is 11.8 Å². The topological polar surface area (TPSA) is 32.3 Å². The SMILES string of the molecule is CC(CO)CNC(CCc1ccccc1)C(C)C. The molecule has 0 heterocycles. The Labute approximate surface area is 111 Å². The van der Waals surface area contributed by atoms with Gasteiger partial charge in [-0.05, 0) is 30.2 Å². The summed E-state index contributed by atoms with van der Waals surface area (Å²) in [4.78, 5) is 0. The molecule has 0 aliphatic heterocycles. The van der Waals surface area contributed by atoms with Crippen molar-refractivity contribution in [2.75, 3.05) is 13.2 Å². The molecule has 2 heteroatoms. The standard InChI is InChI=1S/C16H27NO/c1-13(2)16(17-11-14(3)12-18)10-9-15-7-5-4-6-8-15/h4-8,13-14,16-18H,9-12H2,1-3H3. The lowest BCUT2D eigenvalue weighted by molar-refractivity contribution is 0.224. The lowest BCUT2D eigenvalue weighted by Crippen LogP contribution is -2.37. The normalized spacial score (nSPS) is 14.7. The molecule has 1 rings (SSSR count). The zero-order valence-corrected chi connectivity index (χ0v) is 11.9. The van der Waals surface area contributed by atoms with E-state index in [1.807, 2.05) is 0 Å². The second-order valence-electron chi connectivity index (χ2n) is 5.57. The van der Waals surface area contributed by atoms with Gasteiger partial charge in [0.15, 0.2) is 0 Å². The highest BCUT2D eigenvalue weighted by molar-refractivity contribution is 5.14. The summed E-state index contributed by atoms with van der Waals surface area (Å²) < 4.78 is 0. The van der Waals surface area contributed by atoms with Crippen molar-refractivity contribution in [1.29, 1.82) is 0 Å². The molecular formula is C16H27NO. The average molecular weight is 249 g/mol. The third kappa shape index (κ3) is 5.65. The maximum Gasteiger partial charge on any atom is 0.0468 e. The van der Waals surface area contributed by atoms with Crippen molar-refractivity contribution in [3.63, 3.8) is 0 Å². The first-order valence-corrected chi connectivity index (χ1v) is 7.01. The number of nitrogens with one attached hydrogen (secondary N) is 1. The summed E-state index contributed by atoms with van der Waals surface area (Å²) in [5.41, 5.74) is 1.40. The molecule has 0 radical (unpaired) electrons. The zero-order valence-electron chi connectivity index (χ0n) is 11.9. The third-order valence-corrected chi connectivity index (χ3v) is 3.43. The van der Waals surface area contributed by atoms with E-state index in [4.69, 9.17) is 5.11 Å². The largest absolute Gasteiger partial charge is 0.396 e. The molecule has 1 aromatic rings. The maximum absolute atomic E-state index is 9.05. The van der Waals surface area contributed by atoms with Crippen LogP contribution in [-0.4, -0.2) is 24.3 Å². The summed E-state index contributed by atoms with van der Waals surface area (Å²) in [7, 11) is 0. The van der Waals surface area contributed by atoms with Crippen LogP contribution < -0.4 is 5.32 Å². The van der Waals surface area contributed by atoms with E-state index in [1.165, 1.54) is 5.56 Å². The van der Waals surface area contributed by atoms with Crippen molar-refractivity contribution >= 4 is 0 Å². The van der Waals surface area contributed by atoms with Crippen molar-refractivity contribution in [3.8, 4) is 0 Å². The van der Waals surface area contributed by atoms with Crippen LogP contribution in [0.1, 0.15) is 32.8 Å². The fourth-order valence-corrected chi connectivity index (χ4v) is 2.06. The molecule has 102 valence electrons. The summed E-state index contributed by atoms with van der Waals surface area (Å²) >= 11 is 0. The molecule has 18 heavy (non-hydrogen) atoms. The van der Waals surface area contributed by atoms with Gasteiger partial charge in [-0.2, -0.15) is 0 Å². The Bertz CT molecular complexity index is 310. The first-order valence-electron chi connectivity index (χ1n) is 7.01. The molecule has 0 spiro atoms. The highest BCUT2D eigenvalue weighted by Gasteiger charge is 2.13. The lowest BCUT2D eigenvalue weighted by atomic mass is 9.96. The number of aliphatic hydroxyl groups excluding tert-OH is 1. The van der Waals surface area contributed by atoms with Crippen LogP contribution in [0.15, 0.2) is 30.3 Å². The molecule has 0 aromatic heterocycles. The highest BCUT2D eigenvalue weighted by Crippen LogP contribution is 2.11. The smallest absolute Gasteiger partial charge is 0.0468 e. The number of hydrogen-bond acceptors (Lipinski definition) is 2. The van der Waals surface area contributed by atoms with Crippen LogP contribution in [0.3, 0.4) is 0 Å². The highest BCUT2D eigenvalue weighted by atomic mass is 16.3. The van der Waals surface area contributed by atoms with E-state index in [-0.39, 0.29) is 6.61 Å². The number of aryl methyl sites for hydroxylation is 1. The van der Waals surface area contributed by atoms with E-state index < -0.39 is 0 Å². The van der Waals surface area contributed by atoms with Gasteiger partial charge in [0.25, 0.3) is 0 Å². The van der Waals surface area contributed by atoms with Crippen molar-refractivity contribution in [1.82, 2.24) is 5.32 Å². The summed E-state index contributed by atoms with van der Waals surface area (Å²) in [6, 6.07) is 11.2. The maximum atomic E-state index is 9.05. The quantitative estimate of drug-likeness (QED) is 0.742. The summed E-state index contributed by atoms with van der Waals surface area (Å²) in [6.07, 6.45) is 2.27. The molecule has 0 aliphatic carbocycles. The van der Waals surface area contributed by atoms with Gasteiger partial charge in [0.05, 0.1) is 0 Å². The van der Waals surface area contributed by atoms with E-state index in [2.05, 4.69) is 56.4 Å². The fourth-order valence-electron chi connectivity index (χ4n) is 2.06.